The molecule has 0 spiro atoms. The number of halogens is 1. The smallest absolute Gasteiger partial charge is 0.242 e. The summed E-state index contributed by atoms with van der Waals surface area (Å²) in [5.41, 5.74) is 6.05. The van der Waals surface area contributed by atoms with Gasteiger partial charge in [-0.2, -0.15) is 0 Å². The fraction of sp³-hybridized carbons (Fsp3) is 0.571. The first-order valence-electron chi connectivity index (χ1n) is 6.99. The van der Waals surface area contributed by atoms with Crippen LogP contribution in [-0.4, -0.2) is 14.5 Å². The number of nitrogen functional groups attached to an aromatic ring is 1. The van der Waals surface area contributed by atoms with E-state index >= 15 is 0 Å². The van der Waals surface area contributed by atoms with Crippen molar-refractivity contribution >= 4 is 27.3 Å². The van der Waals surface area contributed by atoms with Crippen LogP contribution >= 0.6 is 11.6 Å². The van der Waals surface area contributed by atoms with Gasteiger partial charge in [-0.3, -0.25) is 0 Å². The van der Waals surface area contributed by atoms with Crippen molar-refractivity contribution in [2.75, 3.05) is 5.73 Å². The van der Waals surface area contributed by atoms with Crippen LogP contribution in [0.5, 0.6) is 0 Å². The Balaban J connectivity index is 2.14. The Morgan fingerprint density at radius 2 is 2.15 bits per heavy atom. The van der Waals surface area contributed by atoms with Crippen LogP contribution in [0.2, 0.25) is 5.02 Å². The van der Waals surface area contributed by atoms with Crippen molar-refractivity contribution in [3.63, 3.8) is 0 Å². The number of nitrogens with one attached hydrogen (secondary N) is 1. The molecule has 0 heterocycles. The average molecular weight is 317 g/mol. The maximum absolute atomic E-state index is 12.4. The summed E-state index contributed by atoms with van der Waals surface area (Å²) in [5, 5.41) is 0.167. The van der Waals surface area contributed by atoms with Crippen LogP contribution < -0.4 is 10.5 Å². The Hall–Kier alpha value is -0.780. The van der Waals surface area contributed by atoms with E-state index < -0.39 is 10.0 Å². The lowest BCUT2D eigenvalue weighted by atomic mass is 9.85. The molecular weight excluding hydrogens is 296 g/mol. The van der Waals surface area contributed by atoms with Crippen LogP contribution in [0.1, 0.15) is 39.0 Å². The van der Waals surface area contributed by atoms with Crippen LogP contribution in [-0.2, 0) is 10.0 Å². The number of benzene rings is 1. The average Bonchev–Trinajstić information content (AvgIpc) is 2.37. The Morgan fingerprint density at radius 1 is 1.40 bits per heavy atom. The predicted octanol–water partition coefficient (Wildman–Crippen LogP) is 3.17. The van der Waals surface area contributed by atoms with Crippen LogP contribution in [0.4, 0.5) is 5.69 Å². The molecule has 3 N–H and O–H groups in total. The zero-order valence-electron chi connectivity index (χ0n) is 11.6. The molecule has 4 nitrogen and oxygen atoms in total. The number of sulfonamides is 1. The van der Waals surface area contributed by atoms with E-state index in [9.17, 15) is 8.42 Å². The lowest BCUT2D eigenvalue weighted by molar-refractivity contribution is 0.301. The topological polar surface area (TPSA) is 72.2 Å². The summed E-state index contributed by atoms with van der Waals surface area (Å²) in [5.74, 6) is 0.610. The Bertz CT molecular complexity index is 575. The second kappa shape index (κ2) is 6.33. The van der Waals surface area contributed by atoms with Gasteiger partial charge in [-0.15, -0.1) is 0 Å². The fourth-order valence-electron chi connectivity index (χ4n) is 2.79. The first-order chi connectivity index (χ1) is 9.42. The van der Waals surface area contributed by atoms with Crippen LogP contribution in [0.15, 0.2) is 23.1 Å². The molecule has 1 aliphatic rings. The highest BCUT2D eigenvalue weighted by atomic mass is 35.5. The highest BCUT2D eigenvalue weighted by Gasteiger charge is 2.26. The van der Waals surface area contributed by atoms with Crippen molar-refractivity contribution in [2.24, 2.45) is 5.92 Å². The van der Waals surface area contributed by atoms with Crippen molar-refractivity contribution in [1.82, 2.24) is 4.72 Å². The predicted molar refractivity (Wildman–Crippen MR) is 82.2 cm³/mol. The van der Waals surface area contributed by atoms with Crippen molar-refractivity contribution in [3.05, 3.63) is 23.2 Å². The van der Waals surface area contributed by atoms with Crippen molar-refractivity contribution < 1.29 is 8.42 Å². The third-order valence-corrected chi connectivity index (χ3v) is 5.93. The first-order valence-corrected chi connectivity index (χ1v) is 8.86. The lowest BCUT2D eigenvalue weighted by Crippen LogP contribution is -2.38. The molecule has 0 bridgehead atoms. The van der Waals surface area contributed by atoms with E-state index in [-0.39, 0.29) is 16.0 Å². The molecule has 1 fully saturated rings. The van der Waals surface area contributed by atoms with Gasteiger partial charge in [-0.1, -0.05) is 37.8 Å². The molecule has 1 aliphatic carbocycles. The van der Waals surface area contributed by atoms with Gasteiger partial charge in [0, 0.05) is 11.7 Å². The van der Waals surface area contributed by atoms with E-state index in [0.29, 0.717) is 11.6 Å². The van der Waals surface area contributed by atoms with Gasteiger partial charge in [-0.05, 0) is 37.0 Å². The van der Waals surface area contributed by atoms with E-state index in [4.69, 9.17) is 17.3 Å². The zero-order chi connectivity index (χ0) is 14.8. The van der Waals surface area contributed by atoms with Crippen molar-refractivity contribution in [3.8, 4) is 0 Å². The van der Waals surface area contributed by atoms with Gasteiger partial charge in [0.05, 0.1) is 5.02 Å². The largest absolute Gasteiger partial charge is 0.399 e. The van der Waals surface area contributed by atoms with Gasteiger partial charge in [0.1, 0.15) is 4.90 Å². The summed E-state index contributed by atoms with van der Waals surface area (Å²) in [6.45, 7) is 2.15. The summed E-state index contributed by atoms with van der Waals surface area (Å²) < 4.78 is 27.6. The van der Waals surface area contributed by atoms with Crippen molar-refractivity contribution in [2.45, 2.75) is 50.0 Å². The third kappa shape index (κ3) is 3.65. The molecular formula is C14H21ClN2O2S. The van der Waals surface area contributed by atoms with E-state index in [2.05, 4.69) is 11.6 Å². The van der Waals surface area contributed by atoms with Gasteiger partial charge in [-0.25, -0.2) is 13.1 Å². The van der Waals surface area contributed by atoms with Gasteiger partial charge in [0.15, 0.2) is 0 Å². The molecule has 2 rings (SSSR count). The molecule has 2 atom stereocenters. The van der Waals surface area contributed by atoms with E-state index in [1.54, 1.807) is 6.07 Å². The van der Waals surface area contributed by atoms with Crippen molar-refractivity contribution in [1.29, 1.82) is 0 Å². The minimum Gasteiger partial charge on any atom is -0.399 e. The summed E-state index contributed by atoms with van der Waals surface area (Å²) in [6.07, 6.45) is 5.16. The third-order valence-electron chi connectivity index (χ3n) is 3.93. The Labute approximate surface area is 125 Å². The lowest BCUT2D eigenvalue weighted by Gasteiger charge is -2.29. The molecule has 0 saturated heterocycles. The second-order valence-corrected chi connectivity index (χ2v) is 7.54. The molecule has 1 aromatic carbocycles. The van der Waals surface area contributed by atoms with E-state index in [0.717, 1.165) is 25.7 Å². The molecule has 2 unspecified atom stereocenters. The minimum absolute atomic E-state index is 0.00678. The Morgan fingerprint density at radius 3 is 2.80 bits per heavy atom. The molecule has 0 radical (unpaired) electrons. The van der Waals surface area contributed by atoms with E-state index in [1.807, 2.05) is 0 Å². The molecule has 1 aromatic rings. The van der Waals surface area contributed by atoms with Gasteiger partial charge in [0.25, 0.3) is 0 Å². The fourth-order valence-corrected chi connectivity index (χ4v) is 4.62. The van der Waals surface area contributed by atoms with E-state index in [1.165, 1.54) is 18.6 Å². The van der Waals surface area contributed by atoms with Crippen LogP contribution in [0.3, 0.4) is 0 Å². The molecule has 0 aromatic heterocycles. The molecule has 20 heavy (non-hydrogen) atoms. The first kappa shape index (κ1) is 15.6. The normalized spacial score (nSPS) is 23.7. The van der Waals surface area contributed by atoms with Crippen LogP contribution in [0, 0.1) is 5.92 Å². The SMILES string of the molecule is CCC1CCCC(NS(=O)(=O)c2ccc(N)cc2Cl)C1. The maximum Gasteiger partial charge on any atom is 0.242 e. The van der Waals surface area contributed by atoms with Gasteiger partial charge in [0.2, 0.25) is 10.0 Å². The standard InChI is InChI=1S/C14H21ClN2O2S/c1-2-10-4-3-5-12(8-10)17-20(18,19)14-7-6-11(16)9-13(14)15/h6-7,9-10,12,17H,2-5,8,16H2,1H3. The summed E-state index contributed by atoms with van der Waals surface area (Å²) in [6, 6.07) is 4.48. The quantitative estimate of drug-likeness (QED) is 0.838. The maximum atomic E-state index is 12.4. The van der Waals surface area contributed by atoms with Gasteiger partial charge < -0.3 is 5.73 Å². The zero-order valence-corrected chi connectivity index (χ0v) is 13.2. The minimum atomic E-state index is -3.58. The summed E-state index contributed by atoms with van der Waals surface area (Å²) >= 11 is 5.99. The van der Waals surface area contributed by atoms with Gasteiger partial charge >= 0.3 is 0 Å². The highest BCUT2D eigenvalue weighted by molar-refractivity contribution is 7.89. The number of hydrogen-bond acceptors (Lipinski definition) is 3. The number of anilines is 1. The summed E-state index contributed by atoms with van der Waals surface area (Å²) in [7, 11) is -3.58. The number of hydrogen-bond donors (Lipinski definition) is 2. The van der Waals surface area contributed by atoms with Crippen LogP contribution in [0.25, 0.3) is 0 Å². The molecule has 1 saturated carbocycles. The molecule has 6 heteroatoms. The number of nitrogens with two attached hydrogens (primary N) is 1. The summed E-state index contributed by atoms with van der Waals surface area (Å²) in [4.78, 5) is 0.104. The molecule has 0 aliphatic heterocycles. The highest BCUT2D eigenvalue weighted by Crippen LogP contribution is 2.29. The second-order valence-electron chi connectivity index (χ2n) is 5.45. The Kier molecular flexibility index (Phi) is 4.94. The molecule has 112 valence electrons. The number of rotatable bonds is 4. The monoisotopic (exact) mass is 316 g/mol. The molecule has 0 amide bonds.